The van der Waals surface area contributed by atoms with Crippen LogP contribution in [0.3, 0.4) is 0 Å². The maximum Gasteiger partial charge on any atom is 0.0576 e. The highest BCUT2D eigenvalue weighted by Crippen LogP contribution is 2.30. The Hall–Kier alpha value is 0.310. The molecule has 1 aliphatic rings. The molecule has 1 saturated heterocycles. The van der Waals surface area contributed by atoms with Gasteiger partial charge in [0.15, 0.2) is 0 Å². The first-order valence-corrected chi connectivity index (χ1v) is 6.40. The molecule has 13 heavy (non-hydrogen) atoms. The topological polar surface area (TPSA) is 20.2 Å². The van der Waals surface area contributed by atoms with Gasteiger partial charge in [-0.25, -0.2) is 0 Å². The molecule has 0 bridgehead atoms. The Bertz CT molecular complexity index is 145. The lowest BCUT2D eigenvalue weighted by Gasteiger charge is -2.23. The van der Waals surface area contributed by atoms with Crippen molar-refractivity contribution >= 4 is 11.8 Å². The monoisotopic (exact) mass is 202 g/mol. The number of thioether (sulfide) groups is 1. The molecular weight excluding hydrogens is 180 g/mol. The number of hydrogen-bond donors (Lipinski definition) is 1. The summed E-state index contributed by atoms with van der Waals surface area (Å²) in [5.41, 5.74) is 0.368. The van der Waals surface area contributed by atoms with Crippen molar-refractivity contribution in [1.29, 1.82) is 0 Å². The first kappa shape index (κ1) is 11.4. The summed E-state index contributed by atoms with van der Waals surface area (Å²) in [5, 5.41) is 9.90. The molecule has 1 heterocycles. The fourth-order valence-corrected chi connectivity index (χ4v) is 3.00. The predicted octanol–water partition coefficient (Wildman–Crippen LogP) is 2.93. The van der Waals surface area contributed by atoms with E-state index in [2.05, 4.69) is 20.8 Å². The summed E-state index contributed by atoms with van der Waals surface area (Å²) >= 11 is 1.98. The van der Waals surface area contributed by atoms with E-state index < -0.39 is 0 Å². The standard InChI is InChI=1S/C11H22OS/c1-11(2,3)6-4-10(12)9-5-7-13-8-9/h9-10,12H,4-8H2,1-3H3. The molecule has 2 atom stereocenters. The molecule has 2 unspecified atom stereocenters. The molecule has 0 aromatic heterocycles. The Labute approximate surface area is 86.3 Å². The van der Waals surface area contributed by atoms with Gasteiger partial charge in [0.1, 0.15) is 0 Å². The van der Waals surface area contributed by atoms with Crippen LogP contribution >= 0.6 is 11.8 Å². The minimum atomic E-state index is -0.0470. The first-order valence-electron chi connectivity index (χ1n) is 5.25. The van der Waals surface area contributed by atoms with Gasteiger partial charge >= 0.3 is 0 Å². The number of hydrogen-bond acceptors (Lipinski definition) is 2. The van der Waals surface area contributed by atoms with Gasteiger partial charge in [-0.3, -0.25) is 0 Å². The average molecular weight is 202 g/mol. The Morgan fingerprint density at radius 3 is 2.62 bits per heavy atom. The van der Waals surface area contributed by atoms with E-state index in [9.17, 15) is 5.11 Å². The second-order valence-electron chi connectivity index (χ2n) is 5.29. The Morgan fingerprint density at radius 1 is 1.46 bits per heavy atom. The molecule has 1 rings (SSSR count). The zero-order chi connectivity index (χ0) is 9.90. The van der Waals surface area contributed by atoms with Gasteiger partial charge in [-0.1, -0.05) is 20.8 Å². The van der Waals surface area contributed by atoms with Crippen LogP contribution < -0.4 is 0 Å². The third kappa shape index (κ3) is 4.37. The van der Waals surface area contributed by atoms with Crippen molar-refractivity contribution in [2.45, 2.75) is 46.1 Å². The second kappa shape index (κ2) is 4.70. The third-order valence-electron chi connectivity index (χ3n) is 2.70. The minimum absolute atomic E-state index is 0.0470. The molecule has 0 amide bonds. The number of rotatable bonds is 3. The summed E-state index contributed by atoms with van der Waals surface area (Å²) in [5.74, 6) is 3.00. The van der Waals surface area contributed by atoms with E-state index >= 15 is 0 Å². The second-order valence-corrected chi connectivity index (χ2v) is 6.44. The Morgan fingerprint density at radius 2 is 2.15 bits per heavy atom. The Kier molecular flexibility index (Phi) is 4.11. The van der Waals surface area contributed by atoms with Gasteiger partial charge in [0.2, 0.25) is 0 Å². The molecule has 1 N–H and O–H groups in total. The van der Waals surface area contributed by atoms with Gasteiger partial charge in [0, 0.05) is 0 Å². The molecule has 1 fully saturated rings. The molecule has 78 valence electrons. The summed E-state index contributed by atoms with van der Waals surface area (Å²) in [6.07, 6.45) is 3.29. The van der Waals surface area contributed by atoms with Crippen LogP contribution in [0.5, 0.6) is 0 Å². The molecule has 0 radical (unpaired) electrons. The third-order valence-corrected chi connectivity index (χ3v) is 3.89. The summed E-state index contributed by atoms with van der Waals surface area (Å²) in [6, 6.07) is 0. The summed E-state index contributed by atoms with van der Waals surface area (Å²) in [7, 11) is 0. The average Bonchev–Trinajstić information content (AvgIpc) is 2.50. The molecule has 0 spiro atoms. The fraction of sp³-hybridized carbons (Fsp3) is 1.00. The van der Waals surface area contributed by atoms with Gasteiger partial charge in [-0.2, -0.15) is 11.8 Å². The maximum absolute atomic E-state index is 9.90. The molecule has 0 aromatic rings. The van der Waals surface area contributed by atoms with Crippen LogP contribution in [0.1, 0.15) is 40.0 Å². The minimum Gasteiger partial charge on any atom is -0.393 e. The summed E-state index contributed by atoms with van der Waals surface area (Å²) in [6.45, 7) is 6.72. The van der Waals surface area contributed by atoms with Gasteiger partial charge in [0.25, 0.3) is 0 Å². The zero-order valence-corrected chi connectivity index (χ0v) is 9.86. The molecule has 1 nitrogen and oxygen atoms in total. The van der Waals surface area contributed by atoms with Crippen LogP contribution in [0.2, 0.25) is 0 Å². The SMILES string of the molecule is CC(C)(C)CCC(O)C1CCSC1. The van der Waals surface area contributed by atoms with Gasteiger partial charge in [-0.15, -0.1) is 0 Å². The fourth-order valence-electron chi connectivity index (χ4n) is 1.67. The maximum atomic E-state index is 9.90. The van der Waals surface area contributed by atoms with Crippen LogP contribution in [0, 0.1) is 11.3 Å². The van der Waals surface area contributed by atoms with Crippen LogP contribution in [0.4, 0.5) is 0 Å². The van der Waals surface area contributed by atoms with Gasteiger partial charge in [0.05, 0.1) is 6.10 Å². The van der Waals surface area contributed by atoms with Crippen LogP contribution in [-0.4, -0.2) is 22.7 Å². The molecular formula is C11H22OS. The highest BCUT2D eigenvalue weighted by atomic mass is 32.2. The van der Waals surface area contributed by atoms with Gasteiger partial charge < -0.3 is 5.11 Å². The van der Waals surface area contributed by atoms with Gasteiger partial charge in [-0.05, 0) is 42.1 Å². The van der Waals surface area contributed by atoms with Crippen LogP contribution in [0.15, 0.2) is 0 Å². The Balaban J connectivity index is 2.20. The highest BCUT2D eigenvalue weighted by Gasteiger charge is 2.24. The van der Waals surface area contributed by atoms with E-state index in [0.29, 0.717) is 11.3 Å². The largest absolute Gasteiger partial charge is 0.393 e. The van der Waals surface area contributed by atoms with Crippen LogP contribution in [-0.2, 0) is 0 Å². The van der Waals surface area contributed by atoms with Crippen molar-refractivity contribution in [2.24, 2.45) is 11.3 Å². The van der Waals surface area contributed by atoms with Crippen molar-refractivity contribution in [2.75, 3.05) is 11.5 Å². The van der Waals surface area contributed by atoms with Crippen molar-refractivity contribution in [3.8, 4) is 0 Å². The van der Waals surface area contributed by atoms with E-state index in [0.717, 1.165) is 12.8 Å². The molecule has 0 saturated carbocycles. The van der Waals surface area contributed by atoms with E-state index in [-0.39, 0.29) is 6.10 Å². The van der Waals surface area contributed by atoms with Crippen molar-refractivity contribution in [3.63, 3.8) is 0 Å². The normalized spacial score (nSPS) is 26.3. The predicted molar refractivity (Wildman–Crippen MR) is 60.1 cm³/mol. The zero-order valence-electron chi connectivity index (χ0n) is 9.05. The molecule has 1 aliphatic heterocycles. The molecule has 2 heteroatoms. The van der Waals surface area contributed by atoms with E-state index in [1.807, 2.05) is 11.8 Å². The lowest BCUT2D eigenvalue weighted by Crippen LogP contribution is -2.22. The van der Waals surface area contributed by atoms with E-state index in [1.165, 1.54) is 17.9 Å². The number of aliphatic hydroxyl groups is 1. The lowest BCUT2D eigenvalue weighted by molar-refractivity contribution is 0.0971. The summed E-state index contributed by atoms with van der Waals surface area (Å²) in [4.78, 5) is 0. The van der Waals surface area contributed by atoms with Crippen molar-refractivity contribution < 1.29 is 5.11 Å². The van der Waals surface area contributed by atoms with Crippen molar-refractivity contribution in [3.05, 3.63) is 0 Å². The highest BCUT2D eigenvalue weighted by molar-refractivity contribution is 7.99. The molecule has 0 aromatic carbocycles. The van der Waals surface area contributed by atoms with E-state index in [4.69, 9.17) is 0 Å². The smallest absolute Gasteiger partial charge is 0.0576 e. The van der Waals surface area contributed by atoms with E-state index in [1.54, 1.807) is 0 Å². The van der Waals surface area contributed by atoms with Crippen molar-refractivity contribution in [1.82, 2.24) is 0 Å². The lowest BCUT2D eigenvalue weighted by atomic mass is 9.86. The van der Waals surface area contributed by atoms with Crippen LogP contribution in [0.25, 0.3) is 0 Å². The first-order chi connectivity index (χ1) is 5.99. The number of aliphatic hydroxyl groups excluding tert-OH is 1. The molecule has 0 aliphatic carbocycles. The summed E-state index contributed by atoms with van der Waals surface area (Å²) < 4.78 is 0. The quantitative estimate of drug-likeness (QED) is 0.759.